The highest BCUT2D eigenvalue weighted by molar-refractivity contribution is 6.35. The average Bonchev–Trinajstić information content (AvgIpc) is 3.32. The number of rotatable bonds is 11. The van der Waals surface area contributed by atoms with Crippen molar-refractivity contribution >= 4 is 45.8 Å². The first-order valence-electron chi connectivity index (χ1n) is 12.1. The molecule has 1 amide bonds. The van der Waals surface area contributed by atoms with Crippen LogP contribution in [-0.4, -0.2) is 55.3 Å². The van der Waals surface area contributed by atoms with Gasteiger partial charge in [0.2, 0.25) is 0 Å². The smallest absolute Gasteiger partial charge is 0.253 e. The Balaban J connectivity index is 1.57. The molecule has 3 N–H and O–H groups in total. The quantitative estimate of drug-likeness (QED) is 0.220. The first kappa shape index (κ1) is 26.9. The number of fused-ring (bicyclic) bond motifs is 1. The minimum atomic E-state index is -0.566. The monoisotopic (exact) mass is 536 g/mol. The van der Waals surface area contributed by atoms with Crippen LogP contribution in [0.4, 0.5) is 0 Å². The molecule has 0 fully saturated rings. The SMILES string of the molecule is CN(C)CCNC(=O)c1cccc2c(C(=O)[C@@H](NCCc3ccc(Cl)cc3Cl)c3ccccc3)c[nH]c12. The maximum atomic E-state index is 13.9. The number of aromatic nitrogens is 1. The zero-order valence-corrected chi connectivity index (χ0v) is 22.4. The number of ketones is 1. The topological polar surface area (TPSA) is 77.2 Å². The molecule has 1 aromatic heterocycles. The molecule has 4 rings (SSSR count). The minimum Gasteiger partial charge on any atom is -0.360 e. The van der Waals surface area contributed by atoms with Crippen molar-refractivity contribution < 1.29 is 9.59 Å². The van der Waals surface area contributed by atoms with Gasteiger partial charge in [-0.15, -0.1) is 0 Å². The molecule has 0 spiro atoms. The first-order valence-corrected chi connectivity index (χ1v) is 12.9. The predicted molar refractivity (Wildman–Crippen MR) is 151 cm³/mol. The number of H-pyrrole nitrogens is 1. The summed E-state index contributed by atoms with van der Waals surface area (Å²) in [5, 5.41) is 8.27. The van der Waals surface area contributed by atoms with Gasteiger partial charge < -0.3 is 20.5 Å². The fraction of sp³-hybridized carbons (Fsp3) is 0.241. The lowest BCUT2D eigenvalue weighted by molar-refractivity contribution is 0.0939. The van der Waals surface area contributed by atoms with Gasteiger partial charge in [-0.05, 0) is 49.8 Å². The van der Waals surface area contributed by atoms with Gasteiger partial charge in [-0.2, -0.15) is 0 Å². The molecule has 1 atom stereocenters. The van der Waals surface area contributed by atoms with Crippen LogP contribution in [0.25, 0.3) is 10.9 Å². The van der Waals surface area contributed by atoms with E-state index in [1.807, 2.05) is 67.5 Å². The van der Waals surface area contributed by atoms with Gasteiger partial charge in [-0.3, -0.25) is 9.59 Å². The summed E-state index contributed by atoms with van der Waals surface area (Å²) in [7, 11) is 3.91. The molecule has 0 aliphatic carbocycles. The Morgan fingerprint density at radius 2 is 1.73 bits per heavy atom. The molecule has 0 aliphatic heterocycles. The van der Waals surface area contributed by atoms with Crippen LogP contribution < -0.4 is 10.6 Å². The van der Waals surface area contributed by atoms with Crippen molar-refractivity contribution in [1.29, 1.82) is 0 Å². The number of para-hydroxylation sites is 1. The van der Waals surface area contributed by atoms with Crippen LogP contribution in [0.5, 0.6) is 0 Å². The lowest BCUT2D eigenvalue weighted by Crippen LogP contribution is -2.31. The Bertz CT molecular complexity index is 1390. The van der Waals surface area contributed by atoms with E-state index >= 15 is 0 Å². The van der Waals surface area contributed by atoms with Gasteiger partial charge in [0.15, 0.2) is 5.78 Å². The number of aromatic amines is 1. The molecule has 0 aliphatic rings. The van der Waals surface area contributed by atoms with Crippen molar-refractivity contribution in [2.75, 3.05) is 33.7 Å². The molecule has 1 heterocycles. The fourth-order valence-electron chi connectivity index (χ4n) is 4.27. The number of benzene rings is 3. The zero-order chi connectivity index (χ0) is 26.4. The second kappa shape index (κ2) is 12.4. The van der Waals surface area contributed by atoms with Crippen molar-refractivity contribution in [3.8, 4) is 0 Å². The van der Waals surface area contributed by atoms with Crippen molar-refractivity contribution in [2.45, 2.75) is 12.5 Å². The van der Waals surface area contributed by atoms with Crippen LogP contribution in [0, 0.1) is 0 Å². The molecule has 8 heteroatoms. The molecule has 0 unspecified atom stereocenters. The summed E-state index contributed by atoms with van der Waals surface area (Å²) >= 11 is 12.4. The summed E-state index contributed by atoms with van der Waals surface area (Å²) in [6.07, 6.45) is 2.33. The largest absolute Gasteiger partial charge is 0.360 e. The second-order valence-electron chi connectivity index (χ2n) is 9.14. The predicted octanol–water partition coefficient (Wildman–Crippen LogP) is 5.52. The highest BCUT2D eigenvalue weighted by Gasteiger charge is 2.25. The number of nitrogens with zero attached hydrogens (tertiary/aromatic N) is 1. The summed E-state index contributed by atoms with van der Waals surface area (Å²) in [6, 6.07) is 19.9. The third-order valence-electron chi connectivity index (χ3n) is 6.22. The Morgan fingerprint density at radius 3 is 2.46 bits per heavy atom. The summed E-state index contributed by atoms with van der Waals surface area (Å²) in [5.41, 5.74) is 3.50. The Morgan fingerprint density at radius 1 is 0.946 bits per heavy atom. The normalized spacial score (nSPS) is 12.1. The number of carbonyl (C=O) groups excluding carboxylic acids is 2. The number of nitrogens with one attached hydrogen (secondary N) is 3. The molecule has 0 saturated carbocycles. The number of amides is 1. The molecular weight excluding hydrogens is 507 g/mol. The molecule has 0 bridgehead atoms. The fourth-order valence-corrected chi connectivity index (χ4v) is 4.78. The van der Waals surface area contributed by atoms with Crippen LogP contribution >= 0.6 is 23.2 Å². The Labute approximate surface area is 227 Å². The number of carbonyl (C=O) groups is 2. The van der Waals surface area contributed by atoms with Crippen LogP contribution in [0.2, 0.25) is 10.0 Å². The second-order valence-corrected chi connectivity index (χ2v) is 9.98. The van der Waals surface area contributed by atoms with E-state index in [1.165, 1.54) is 0 Å². The molecule has 6 nitrogen and oxygen atoms in total. The van der Waals surface area contributed by atoms with Gasteiger partial charge in [-0.1, -0.05) is 71.7 Å². The molecule has 0 radical (unpaired) electrons. The van der Waals surface area contributed by atoms with Crippen LogP contribution in [0.3, 0.4) is 0 Å². The highest BCUT2D eigenvalue weighted by atomic mass is 35.5. The zero-order valence-electron chi connectivity index (χ0n) is 20.9. The number of hydrogen-bond donors (Lipinski definition) is 3. The standard InChI is InChI=1S/C29H30Cl2N4O2/c1-35(2)16-15-33-29(37)23-10-6-9-22-24(18-34-27(22)23)28(36)26(20-7-4-3-5-8-20)32-14-13-19-11-12-21(30)17-25(19)31/h3-12,17-18,26,32,34H,13-16H2,1-2H3,(H,33,37)/t26-/m0/s1. The Kier molecular flexibility index (Phi) is 9.00. The molecule has 0 saturated heterocycles. The molecule has 4 aromatic rings. The van der Waals surface area contributed by atoms with Crippen molar-refractivity contribution in [3.05, 3.63) is 105 Å². The van der Waals surface area contributed by atoms with E-state index in [4.69, 9.17) is 23.2 Å². The van der Waals surface area contributed by atoms with Crippen molar-refractivity contribution in [2.24, 2.45) is 0 Å². The average molecular weight is 537 g/mol. The van der Waals surface area contributed by atoms with Gasteiger partial charge >= 0.3 is 0 Å². The summed E-state index contributed by atoms with van der Waals surface area (Å²) in [4.78, 5) is 31.9. The maximum absolute atomic E-state index is 13.9. The Hall–Kier alpha value is -3.16. The summed E-state index contributed by atoms with van der Waals surface area (Å²) in [6.45, 7) is 1.81. The molecular formula is C29H30Cl2N4O2. The minimum absolute atomic E-state index is 0.0789. The van der Waals surface area contributed by atoms with Gasteiger partial charge in [0.25, 0.3) is 5.91 Å². The number of Topliss-reactive ketones (excluding diaryl/α,β-unsaturated/α-hetero) is 1. The van der Waals surface area contributed by atoms with E-state index in [0.29, 0.717) is 51.6 Å². The number of halogens is 2. The number of likely N-dealkylation sites (N-methyl/N-ethyl adjacent to an activating group) is 1. The van der Waals surface area contributed by atoms with Gasteiger partial charge in [0.05, 0.1) is 17.1 Å². The van der Waals surface area contributed by atoms with Gasteiger partial charge in [0, 0.05) is 46.8 Å². The van der Waals surface area contributed by atoms with Gasteiger partial charge in [-0.25, -0.2) is 0 Å². The van der Waals surface area contributed by atoms with Gasteiger partial charge in [0.1, 0.15) is 0 Å². The highest BCUT2D eigenvalue weighted by Crippen LogP contribution is 2.27. The molecule has 3 aromatic carbocycles. The van der Waals surface area contributed by atoms with Crippen LogP contribution in [0.15, 0.2) is 72.9 Å². The van der Waals surface area contributed by atoms with E-state index in [-0.39, 0.29) is 11.7 Å². The lowest BCUT2D eigenvalue weighted by atomic mass is 9.96. The van der Waals surface area contributed by atoms with Crippen molar-refractivity contribution in [1.82, 2.24) is 20.5 Å². The van der Waals surface area contributed by atoms with Crippen LogP contribution in [-0.2, 0) is 6.42 Å². The molecule has 37 heavy (non-hydrogen) atoms. The van der Waals surface area contributed by atoms with Crippen molar-refractivity contribution in [3.63, 3.8) is 0 Å². The summed E-state index contributed by atoms with van der Waals surface area (Å²) < 4.78 is 0. The van der Waals surface area contributed by atoms with E-state index < -0.39 is 6.04 Å². The maximum Gasteiger partial charge on any atom is 0.253 e. The first-order chi connectivity index (χ1) is 17.8. The van der Waals surface area contributed by atoms with E-state index in [9.17, 15) is 9.59 Å². The third-order valence-corrected chi connectivity index (χ3v) is 6.81. The van der Waals surface area contributed by atoms with E-state index in [2.05, 4.69) is 15.6 Å². The summed E-state index contributed by atoms with van der Waals surface area (Å²) in [5.74, 6) is -0.254. The molecule has 192 valence electrons. The third kappa shape index (κ3) is 6.59. The lowest BCUT2D eigenvalue weighted by Gasteiger charge is -2.18. The van der Waals surface area contributed by atoms with E-state index in [1.54, 1.807) is 24.4 Å². The van der Waals surface area contributed by atoms with Crippen LogP contribution in [0.1, 0.15) is 37.9 Å². The van der Waals surface area contributed by atoms with E-state index in [0.717, 1.165) is 17.7 Å². The number of hydrogen-bond acceptors (Lipinski definition) is 4.